The van der Waals surface area contributed by atoms with Crippen molar-refractivity contribution >= 4 is 48.9 Å². The average Bonchev–Trinajstić information content (AvgIpc) is 2.36. The van der Waals surface area contributed by atoms with Crippen LogP contribution in [0, 0.1) is 5.82 Å². The zero-order valence-corrected chi connectivity index (χ0v) is 13.1. The van der Waals surface area contributed by atoms with Crippen LogP contribution in [0.2, 0.25) is 5.02 Å². The Hall–Kier alpha value is -1.31. The fourth-order valence-electron chi connectivity index (χ4n) is 1.52. The number of nitrogens with two attached hydrogens (primary N) is 1. The van der Waals surface area contributed by atoms with Gasteiger partial charge in [-0.1, -0.05) is 11.6 Å². The summed E-state index contributed by atoms with van der Waals surface area (Å²) in [5, 5.41) is 0.359. The van der Waals surface area contributed by atoms with Gasteiger partial charge in [-0.3, -0.25) is 4.72 Å². The molecule has 2 aromatic rings. The Bertz CT molecular complexity index is 768. The number of hydrogen-bond acceptors (Lipinski definition) is 3. The Morgan fingerprint density at radius 1 is 1.20 bits per heavy atom. The Morgan fingerprint density at radius 3 is 2.60 bits per heavy atom. The van der Waals surface area contributed by atoms with E-state index in [1.807, 2.05) is 0 Å². The van der Waals surface area contributed by atoms with Crippen molar-refractivity contribution < 1.29 is 12.8 Å². The molecule has 0 spiro atoms. The van der Waals surface area contributed by atoms with Gasteiger partial charge >= 0.3 is 0 Å². The number of nitrogens with one attached hydrogen (secondary N) is 1. The van der Waals surface area contributed by atoms with Crippen molar-refractivity contribution in [2.45, 2.75) is 4.90 Å². The Morgan fingerprint density at radius 2 is 1.90 bits per heavy atom. The summed E-state index contributed by atoms with van der Waals surface area (Å²) in [5.74, 6) is -0.690. The van der Waals surface area contributed by atoms with Crippen molar-refractivity contribution in [3.05, 3.63) is 51.7 Å². The highest BCUT2D eigenvalue weighted by molar-refractivity contribution is 9.10. The zero-order valence-electron chi connectivity index (χ0n) is 9.90. The van der Waals surface area contributed by atoms with E-state index < -0.39 is 15.8 Å². The highest BCUT2D eigenvalue weighted by Crippen LogP contribution is 2.29. The number of nitrogen functional groups attached to an aromatic ring is 1. The molecule has 4 nitrogen and oxygen atoms in total. The molecule has 0 fully saturated rings. The first-order valence-electron chi connectivity index (χ1n) is 5.32. The Kier molecular flexibility index (Phi) is 4.22. The van der Waals surface area contributed by atoms with Gasteiger partial charge in [-0.2, -0.15) is 0 Å². The van der Waals surface area contributed by atoms with Gasteiger partial charge in [0.05, 0.1) is 11.4 Å². The van der Waals surface area contributed by atoms with Crippen LogP contribution in [-0.2, 0) is 10.0 Å². The van der Waals surface area contributed by atoms with Crippen LogP contribution in [0.4, 0.5) is 15.8 Å². The maximum atomic E-state index is 13.2. The fourth-order valence-corrected chi connectivity index (χ4v) is 3.38. The molecule has 3 N–H and O–H groups in total. The van der Waals surface area contributed by atoms with Crippen LogP contribution in [0.15, 0.2) is 45.8 Å². The monoisotopic (exact) mass is 378 g/mol. The van der Waals surface area contributed by atoms with Crippen LogP contribution >= 0.6 is 27.5 Å². The van der Waals surface area contributed by atoms with Gasteiger partial charge in [-0.05, 0) is 52.3 Å². The van der Waals surface area contributed by atoms with E-state index in [1.165, 1.54) is 12.1 Å². The molecule has 0 amide bonds. The molecule has 0 saturated carbocycles. The van der Waals surface area contributed by atoms with Crippen LogP contribution in [0.1, 0.15) is 0 Å². The molecule has 0 radical (unpaired) electrons. The number of halogens is 3. The molecular formula is C12H9BrClFN2O2S. The predicted molar refractivity (Wildman–Crippen MR) is 80.8 cm³/mol. The molecule has 0 saturated heterocycles. The van der Waals surface area contributed by atoms with Crippen molar-refractivity contribution in [2.24, 2.45) is 0 Å². The van der Waals surface area contributed by atoms with Crippen LogP contribution in [0.3, 0.4) is 0 Å². The Balaban J connectivity index is 2.46. The van der Waals surface area contributed by atoms with E-state index in [9.17, 15) is 12.8 Å². The number of anilines is 2. The van der Waals surface area contributed by atoms with Crippen molar-refractivity contribution in [1.29, 1.82) is 0 Å². The van der Waals surface area contributed by atoms with E-state index >= 15 is 0 Å². The molecule has 0 heterocycles. The van der Waals surface area contributed by atoms with Crippen molar-refractivity contribution in [3.63, 3.8) is 0 Å². The van der Waals surface area contributed by atoms with Gasteiger partial charge in [0.2, 0.25) is 0 Å². The number of rotatable bonds is 3. The molecule has 2 rings (SSSR count). The maximum Gasteiger partial charge on any atom is 0.264 e. The summed E-state index contributed by atoms with van der Waals surface area (Å²) in [5.41, 5.74) is 5.77. The lowest BCUT2D eigenvalue weighted by Gasteiger charge is -2.11. The first-order chi connectivity index (χ1) is 9.29. The quantitative estimate of drug-likeness (QED) is 0.800. The molecule has 8 heteroatoms. The third kappa shape index (κ3) is 3.23. The highest BCUT2D eigenvalue weighted by Gasteiger charge is 2.19. The lowest BCUT2D eigenvalue weighted by Crippen LogP contribution is -2.15. The third-order valence-corrected chi connectivity index (χ3v) is 4.79. The molecule has 20 heavy (non-hydrogen) atoms. The molecule has 0 aliphatic carbocycles. The molecular weight excluding hydrogens is 371 g/mol. The number of benzene rings is 2. The smallest absolute Gasteiger partial charge is 0.264 e. The molecule has 0 aliphatic heterocycles. The normalized spacial score (nSPS) is 11.3. The molecule has 0 atom stereocenters. The van der Waals surface area contributed by atoms with Gasteiger partial charge in [0.15, 0.2) is 0 Å². The summed E-state index contributed by atoms with van der Waals surface area (Å²) < 4.78 is 40.4. The molecule has 0 unspecified atom stereocenters. The second-order valence-electron chi connectivity index (χ2n) is 3.91. The predicted octanol–water partition coefficient (Wildman–Crippen LogP) is 3.62. The van der Waals surface area contributed by atoms with Gasteiger partial charge in [0.25, 0.3) is 10.0 Å². The Labute approximate surface area is 128 Å². The van der Waals surface area contributed by atoms with Crippen molar-refractivity contribution in [2.75, 3.05) is 10.5 Å². The van der Waals surface area contributed by atoms with E-state index in [-0.39, 0.29) is 16.3 Å². The SMILES string of the molecule is Nc1ccc(F)cc1S(=O)(=O)Nc1cc(Cl)ccc1Br. The average molecular weight is 380 g/mol. The van der Waals surface area contributed by atoms with Gasteiger partial charge < -0.3 is 5.73 Å². The van der Waals surface area contributed by atoms with Crippen molar-refractivity contribution in [3.8, 4) is 0 Å². The van der Waals surface area contributed by atoms with Crippen LogP contribution < -0.4 is 10.5 Å². The summed E-state index contributed by atoms with van der Waals surface area (Å²) in [6.07, 6.45) is 0. The van der Waals surface area contributed by atoms with Crippen LogP contribution in [0.25, 0.3) is 0 Å². The molecule has 0 aromatic heterocycles. The van der Waals surface area contributed by atoms with Gasteiger partial charge in [0.1, 0.15) is 10.7 Å². The van der Waals surface area contributed by atoms with E-state index in [2.05, 4.69) is 20.7 Å². The lowest BCUT2D eigenvalue weighted by molar-refractivity contribution is 0.596. The third-order valence-electron chi connectivity index (χ3n) is 2.44. The van der Waals surface area contributed by atoms with Gasteiger partial charge in [-0.15, -0.1) is 0 Å². The standard InChI is InChI=1S/C12H9BrClFN2O2S/c13-9-3-1-7(14)5-11(9)17-20(18,19)12-6-8(15)2-4-10(12)16/h1-6,17H,16H2. The van der Waals surface area contributed by atoms with E-state index in [4.69, 9.17) is 17.3 Å². The minimum atomic E-state index is -4.01. The topological polar surface area (TPSA) is 72.2 Å². The second kappa shape index (κ2) is 5.59. The summed E-state index contributed by atoms with van der Waals surface area (Å²) in [7, 11) is -4.01. The number of sulfonamides is 1. The van der Waals surface area contributed by atoms with Crippen molar-refractivity contribution in [1.82, 2.24) is 0 Å². The molecule has 2 aromatic carbocycles. The summed E-state index contributed by atoms with van der Waals surface area (Å²) >= 11 is 9.01. The molecule has 0 bridgehead atoms. The highest BCUT2D eigenvalue weighted by atomic mass is 79.9. The second-order valence-corrected chi connectivity index (χ2v) is 6.85. The van der Waals surface area contributed by atoms with Gasteiger partial charge in [0, 0.05) is 9.50 Å². The van der Waals surface area contributed by atoms with Crippen LogP contribution in [0.5, 0.6) is 0 Å². The largest absolute Gasteiger partial charge is 0.398 e. The fraction of sp³-hybridized carbons (Fsp3) is 0. The maximum absolute atomic E-state index is 13.2. The number of hydrogen-bond donors (Lipinski definition) is 2. The minimum Gasteiger partial charge on any atom is -0.398 e. The molecule has 0 aliphatic rings. The first-order valence-corrected chi connectivity index (χ1v) is 7.98. The zero-order chi connectivity index (χ0) is 14.9. The minimum absolute atomic E-state index is 0.0444. The summed E-state index contributed by atoms with van der Waals surface area (Å²) in [4.78, 5) is -0.329. The first kappa shape index (κ1) is 15.1. The molecule has 106 valence electrons. The lowest BCUT2D eigenvalue weighted by atomic mass is 10.3. The van der Waals surface area contributed by atoms with Gasteiger partial charge in [-0.25, -0.2) is 12.8 Å². The van der Waals surface area contributed by atoms with E-state index in [0.717, 1.165) is 12.1 Å². The summed E-state index contributed by atoms with van der Waals surface area (Å²) in [6, 6.07) is 7.75. The van der Waals surface area contributed by atoms with E-state index in [1.54, 1.807) is 12.1 Å². The summed E-state index contributed by atoms with van der Waals surface area (Å²) in [6.45, 7) is 0. The van der Waals surface area contributed by atoms with Crippen LogP contribution in [-0.4, -0.2) is 8.42 Å². The van der Waals surface area contributed by atoms with E-state index in [0.29, 0.717) is 9.50 Å².